The molecule has 0 aliphatic carbocycles. The lowest BCUT2D eigenvalue weighted by molar-refractivity contribution is 0.304. The molecule has 18 heavy (non-hydrogen) atoms. The summed E-state index contributed by atoms with van der Waals surface area (Å²) in [5.41, 5.74) is 6.29. The predicted molar refractivity (Wildman–Crippen MR) is 81.6 cm³/mol. The smallest absolute Gasteiger partial charge is 0.130 e. The van der Waals surface area contributed by atoms with E-state index in [0.29, 0.717) is 22.9 Å². The van der Waals surface area contributed by atoms with Gasteiger partial charge in [0.2, 0.25) is 0 Å². The van der Waals surface area contributed by atoms with E-state index < -0.39 is 0 Å². The van der Waals surface area contributed by atoms with Gasteiger partial charge in [0.05, 0.1) is 17.2 Å². The van der Waals surface area contributed by atoms with Gasteiger partial charge in [-0.05, 0) is 18.6 Å². The molecular formula is C14H20ClNOS. The molecule has 0 saturated heterocycles. The zero-order valence-electron chi connectivity index (χ0n) is 10.7. The van der Waals surface area contributed by atoms with E-state index >= 15 is 0 Å². The Balaban J connectivity index is 2.47. The molecule has 0 spiro atoms. The second kappa shape index (κ2) is 8.33. The molecule has 1 aromatic rings. The summed E-state index contributed by atoms with van der Waals surface area (Å²) in [5.74, 6) is 0.686. The number of halogens is 1. The predicted octanol–water partition coefficient (Wildman–Crippen LogP) is 4.32. The van der Waals surface area contributed by atoms with E-state index in [-0.39, 0.29) is 4.99 Å². The molecule has 0 atom stereocenters. The molecule has 0 bridgehead atoms. The zero-order chi connectivity index (χ0) is 13.4. The number of nitrogens with two attached hydrogens (primary N) is 1. The van der Waals surface area contributed by atoms with Gasteiger partial charge >= 0.3 is 0 Å². The Morgan fingerprint density at radius 3 is 2.67 bits per heavy atom. The number of ether oxygens (including phenoxy) is 1. The van der Waals surface area contributed by atoms with E-state index in [1.165, 1.54) is 25.7 Å². The SMILES string of the molecule is CCCCCCCOc1cccc(Cl)c1C(N)=S. The minimum Gasteiger partial charge on any atom is -0.493 e. The number of unbranched alkanes of at least 4 members (excludes halogenated alkanes) is 4. The summed E-state index contributed by atoms with van der Waals surface area (Å²) in [4.78, 5) is 0.279. The standard InChI is InChI=1S/C14H20ClNOS/c1-2-3-4-5-6-10-17-12-9-7-8-11(15)13(12)14(16)18/h7-9H,2-6,10H2,1H3,(H2,16,18). The Morgan fingerprint density at radius 1 is 1.28 bits per heavy atom. The molecule has 2 N–H and O–H groups in total. The Bertz CT molecular complexity index is 395. The molecule has 0 saturated carbocycles. The number of thiocarbonyl (C=S) groups is 1. The third-order valence-electron chi connectivity index (χ3n) is 2.73. The maximum Gasteiger partial charge on any atom is 0.130 e. The second-order valence-electron chi connectivity index (χ2n) is 4.24. The second-order valence-corrected chi connectivity index (χ2v) is 5.09. The molecule has 1 rings (SSSR count). The Labute approximate surface area is 119 Å². The third kappa shape index (κ3) is 4.83. The normalized spacial score (nSPS) is 10.3. The molecule has 100 valence electrons. The highest BCUT2D eigenvalue weighted by Crippen LogP contribution is 2.26. The molecule has 0 unspecified atom stereocenters. The van der Waals surface area contributed by atoms with Gasteiger partial charge in [-0.3, -0.25) is 0 Å². The Kier molecular flexibility index (Phi) is 7.06. The highest BCUT2D eigenvalue weighted by molar-refractivity contribution is 7.80. The quantitative estimate of drug-likeness (QED) is 0.570. The van der Waals surface area contributed by atoms with Crippen molar-refractivity contribution in [3.05, 3.63) is 28.8 Å². The number of benzene rings is 1. The molecule has 0 radical (unpaired) electrons. The van der Waals surface area contributed by atoms with Crippen molar-refractivity contribution in [3.8, 4) is 5.75 Å². The highest BCUT2D eigenvalue weighted by atomic mass is 35.5. The van der Waals surface area contributed by atoms with Gasteiger partial charge in [-0.1, -0.05) is 62.5 Å². The molecule has 0 aromatic heterocycles. The van der Waals surface area contributed by atoms with Crippen molar-refractivity contribution in [1.29, 1.82) is 0 Å². The molecule has 0 aliphatic heterocycles. The van der Waals surface area contributed by atoms with Crippen LogP contribution >= 0.6 is 23.8 Å². The minimum atomic E-state index is 0.279. The van der Waals surface area contributed by atoms with Crippen molar-refractivity contribution in [1.82, 2.24) is 0 Å². The lowest BCUT2D eigenvalue weighted by Gasteiger charge is -2.11. The first-order valence-electron chi connectivity index (χ1n) is 6.38. The molecule has 4 heteroatoms. The van der Waals surface area contributed by atoms with Gasteiger partial charge in [0.1, 0.15) is 10.7 Å². The third-order valence-corrected chi connectivity index (χ3v) is 3.25. The summed E-state index contributed by atoms with van der Waals surface area (Å²) < 4.78 is 5.71. The van der Waals surface area contributed by atoms with Crippen molar-refractivity contribution in [3.63, 3.8) is 0 Å². The van der Waals surface area contributed by atoms with E-state index in [0.717, 1.165) is 6.42 Å². The van der Waals surface area contributed by atoms with Gasteiger partial charge in [0, 0.05) is 0 Å². The van der Waals surface area contributed by atoms with Crippen molar-refractivity contribution in [2.24, 2.45) is 5.73 Å². The maximum atomic E-state index is 6.06. The summed E-state index contributed by atoms with van der Waals surface area (Å²) in [7, 11) is 0. The van der Waals surface area contributed by atoms with Crippen LogP contribution in [0.3, 0.4) is 0 Å². The van der Waals surface area contributed by atoms with Crippen LogP contribution in [0.1, 0.15) is 44.6 Å². The van der Waals surface area contributed by atoms with E-state index in [9.17, 15) is 0 Å². The summed E-state index contributed by atoms with van der Waals surface area (Å²) in [6, 6.07) is 5.47. The lowest BCUT2D eigenvalue weighted by atomic mass is 10.1. The van der Waals surface area contributed by atoms with Crippen molar-refractivity contribution in [2.45, 2.75) is 39.0 Å². The van der Waals surface area contributed by atoms with Gasteiger partial charge in [-0.15, -0.1) is 0 Å². The molecule has 1 aromatic carbocycles. The Morgan fingerprint density at radius 2 is 2.00 bits per heavy atom. The minimum absolute atomic E-state index is 0.279. The molecule has 0 aliphatic rings. The number of hydrogen-bond acceptors (Lipinski definition) is 2. The monoisotopic (exact) mass is 285 g/mol. The molecule has 0 amide bonds. The van der Waals surface area contributed by atoms with Gasteiger partial charge in [-0.25, -0.2) is 0 Å². The average molecular weight is 286 g/mol. The number of rotatable bonds is 8. The first kappa shape index (κ1) is 15.3. The fourth-order valence-electron chi connectivity index (χ4n) is 1.75. The molecule has 0 fully saturated rings. The van der Waals surface area contributed by atoms with Crippen LogP contribution in [0, 0.1) is 0 Å². The van der Waals surface area contributed by atoms with Crippen LogP contribution in [-0.2, 0) is 0 Å². The van der Waals surface area contributed by atoms with E-state index in [4.69, 9.17) is 34.3 Å². The van der Waals surface area contributed by atoms with Crippen LogP contribution in [0.4, 0.5) is 0 Å². The summed E-state index contributed by atoms with van der Waals surface area (Å²) in [6.45, 7) is 2.89. The highest BCUT2D eigenvalue weighted by Gasteiger charge is 2.10. The number of hydrogen-bond donors (Lipinski definition) is 1. The van der Waals surface area contributed by atoms with E-state index in [1.807, 2.05) is 12.1 Å². The largest absolute Gasteiger partial charge is 0.493 e. The van der Waals surface area contributed by atoms with E-state index in [1.54, 1.807) is 6.07 Å². The van der Waals surface area contributed by atoms with Crippen molar-refractivity contribution in [2.75, 3.05) is 6.61 Å². The molecule has 2 nitrogen and oxygen atoms in total. The molecular weight excluding hydrogens is 266 g/mol. The average Bonchev–Trinajstić information content (AvgIpc) is 2.33. The first-order valence-corrected chi connectivity index (χ1v) is 7.16. The van der Waals surface area contributed by atoms with Crippen LogP contribution in [-0.4, -0.2) is 11.6 Å². The first-order chi connectivity index (χ1) is 8.66. The summed E-state index contributed by atoms with van der Waals surface area (Å²) >= 11 is 11.0. The van der Waals surface area contributed by atoms with E-state index in [2.05, 4.69) is 6.92 Å². The fourth-order valence-corrected chi connectivity index (χ4v) is 2.29. The maximum absolute atomic E-state index is 6.06. The fraction of sp³-hybridized carbons (Fsp3) is 0.500. The van der Waals surface area contributed by atoms with Crippen molar-refractivity contribution >= 4 is 28.8 Å². The molecule has 0 heterocycles. The Hall–Kier alpha value is -0.800. The van der Waals surface area contributed by atoms with Crippen LogP contribution in [0.15, 0.2) is 18.2 Å². The van der Waals surface area contributed by atoms with Gasteiger partial charge < -0.3 is 10.5 Å². The summed E-state index contributed by atoms with van der Waals surface area (Å²) in [5, 5.41) is 0.547. The van der Waals surface area contributed by atoms with Gasteiger partial charge in [0.25, 0.3) is 0 Å². The van der Waals surface area contributed by atoms with Crippen LogP contribution in [0.5, 0.6) is 5.75 Å². The van der Waals surface area contributed by atoms with Crippen LogP contribution in [0.25, 0.3) is 0 Å². The zero-order valence-corrected chi connectivity index (χ0v) is 12.3. The lowest BCUT2D eigenvalue weighted by Crippen LogP contribution is -2.12. The van der Waals surface area contributed by atoms with Crippen LogP contribution < -0.4 is 10.5 Å². The van der Waals surface area contributed by atoms with Crippen molar-refractivity contribution < 1.29 is 4.74 Å². The van der Waals surface area contributed by atoms with Gasteiger partial charge in [-0.2, -0.15) is 0 Å². The topological polar surface area (TPSA) is 35.2 Å². The van der Waals surface area contributed by atoms with Gasteiger partial charge in [0.15, 0.2) is 0 Å². The van der Waals surface area contributed by atoms with Crippen LogP contribution in [0.2, 0.25) is 5.02 Å². The summed E-state index contributed by atoms with van der Waals surface area (Å²) in [6.07, 6.45) is 6.04.